The van der Waals surface area contributed by atoms with Crippen molar-refractivity contribution in [2.24, 2.45) is 9.98 Å². The van der Waals surface area contributed by atoms with Crippen molar-refractivity contribution in [2.75, 3.05) is 67.7 Å². The van der Waals surface area contributed by atoms with Gasteiger partial charge < -0.3 is 39.8 Å². The zero-order valence-corrected chi connectivity index (χ0v) is 20.1. The van der Waals surface area contributed by atoms with Crippen LogP contribution in [0.1, 0.15) is 11.1 Å². The normalized spacial score (nSPS) is 11.3. The molecule has 0 bridgehead atoms. The van der Waals surface area contributed by atoms with Crippen LogP contribution < -0.4 is 29.6 Å². The molecule has 10 heteroatoms. The molecule has 2 aromatic carbocycles. The number of ether oxygens (including phenoxy) is 4. The van der Waals surface area contributed by atoms with E-state index in [1.165, 1.54) is 40.6 Å². The van der Waals surface area contributed by atoms with E-state index in [1.807, 2.05) is 0 Å². The Labute approximate surface area is 200 Å². The van der Waals surface area contributed by atoms with Gasteiger partial charge in [-0.1, -0.05) is 0 Å². The van der Waals surface area contributed by atoms with Crippen LogP contribution in [-0.2, 0) is 0 Å². The van der Waals surface area contributed by atoms with Gasteiger partial charge in [0.25, 0.3) is 0 Å². The number of hydrogen-bond donors (Lipinski definition) is 4. The third kappa shape index (κ3) is 8.13. The van der Waals surface area contributed by atoms with E-state index in [9.17, 15) is 10.2 Å². The molecule has 4 N–H and O–H groups in total. The van der Waals surface area contributed by atoms with Gasteiger partial charge in [0.1, 0.15) is 34.5 Å². The molecule has 0 unspecified atom stereocenters. The van der Waals surface area contributed by atoms with Gasteiger partial charge in [0.05, 0.1) is 52.7 Å². The van der Waals surface area contributed by atoms with E-state index in [2.05, 4.69) is 20.6 Å². The lowest BCUT2D eigenvalue weighted by Gasteiger charge is -2.09. The molecular weight excluding hydrogens is 440 g/mol. The van der Waals surface area contributed by atoms with Crippen LogP contribution >= 0.6 is 0 Å². The Morgan fingerprint density at radius 2 is 1.06 bits per heavy atom. The highest BCUT2D eigenvalue weighted by Gasteiger charge is 2.10. The van der Waals surface area contributed by atoms with Crippen LogP contribution in [0.4, 0.5) is 0 Å². The number of nitrogens with one attached hydrogen (secondary N) is 2. The second-order valence-electron chi connectivity index (χ2n) is 7.10. The molecule has 2 rings (SSSR count). The molecule has 10 nitrogen and oxygen atoms in total. The second-order valence-corrected chi connectivity index (χ2v) is 7.10. The number of aliphatic imine (C=N–C) groups is 2. The number of phenols is 2. The Bertz CT molecular complexity index is 887. The van der Waals surface area contributed by atoms with Gasteiger partial charge in [0.2, 0.25) is 0 Å². The molecule has 34 heavy (non-hydrogen) atoms. The third-order valence-electron chi connectivity index (χ3n) is 4.85. The summed E-state index contributed by atoms with van der Waals surface area (Å²) in [7, 11) is 6.12. The van der Waals surface area contributed by atoms with Crippen molar-refractivity contribution in [3.05, 3.63) is 35.4 Å². The Kier molecular flexibility index (Phi) is 11.5. The van der Waals surface area contributed by atoms with Crippen molar-refractivity contribution in [2.45, 2.75) is 0 Å². The maximum absolute atomic E-state index is 10.1. The molecule has 0 saturated carbocycles. The summed E-state index contributed by atoms with van der Waals surface area (Å²) >= 11 is 0. The molecule has 0 fully saturated rings. The zero-order chi connectivity index (χ0) is 24.8. The van der Waals surface area contributed by atoms with Gasteiger partial charge in [-0.25, -0.2) is 0 Å². The summed E-state index contributed by atoms with van der Waals surface area (Å²) in [5, 5.41) is 26.8. The Morgan fingerprint density at radius 1 is 0.647 bits per heavy atom. The van der Waals surface area contributed by atoms with E-state index < -0.39 is 0 Å². The fourth-order valence-electron chi connectivity index (χ4n) is 3.03. The molecule has 0 heterocycles. The SMILES string of the molecule is COc1cc(O)c(C=NCCNCCNCCN=Cc2c(O)cc(OC)cc2OC)c(OC)c1. The smallest absolute Gasteiger partial charge is 0.135 e. The molecule has 0 atom stereocenters. The third-order valence-corrected chi connectivity index (χ3v) is 4.85. The maximum atomic E-state index is 10.1. The fraction of sp³-hybridized carbons (Fsp3) is 0.417. The highest BCUT2D eigenvalue weighted by Crippen LogP contribution is 2.32. The molecule has 186 valence electrons. The number of nitrogens with zero attached hydrogens (tertiary/aromatic N) is 2. The van der Waals surface area contributed by atoms with Crippen molar-refractivity contribution in [1.82, 2.24) is 10.6 Å². The minimum atomic E-state index is 0.0559. The van der Waals surface area contributed by atoms with E-state index in [0.29, 0.717) is 60.3 Å². The minimum absolute atomic E-state index is 0.0559. The molecule has 0 aliphatic carbocycles. The first-order chi connectivity index (χ1) is 16.5. The first kappa shape index (κ1) is 26.7. The standard InChI is InChI=1S/C24H34N4O6/c1-31-17-11-21(29)19(23(13-17)33-3)15-27-9-7-25-5-6-26-8-10-28-16-20-22(30)12-18(32-2)14-24(20)34-4/h11-16,25-26,29-30H,5-10H2,1-4H3. The van der Waals surface area contributed by atoms with Gasteiger partial charge >= 0.3 is 0 Å². The number of methoxy groups -OCH3 is 4. The van der Waals surface area contributed by atoms with Crippen molar-refractivity contribution in [1.29, 1.82) is 0 Å². The van der Waals surface area contributed by atoms with Crippen LogP contribution in [0.2, 0.25) is 0 Å². The first-order valence-corrected chi connectivity index (χ1v) is 10.8. The molecule has 0 radical (unpaired) electrons. The molecule has 0 aliphatic heterocycles. The average molecular weight is 475 g/mol. The van der Waals surface area contributed by atoms with Crippen LogP contribution in [0.25, 0.3) is 0 Å². The topological polar surface area (TPSA) is 126 Å². The fourth-order valence-corrected chi connectivity index (χ4v) is 3.03. The summed E-state index contributed by atoms with van der Waals surface area (Å²) in [5.74, 6) is 2.15. The number of hydrogen-bond acceptors (Lipinski definition) is 10. The van der Waals surface area contributed by atoms with Crippen molar-refractivity contribution in [3.8, 4) is 34.5 Å². The van der Waals surface area contributed by atoms with E-state index in [-0.39, 0.29) is 11.5 Å². The zero-order valence-electron chi connectivity index (χ0n) is 20.1. The summed E-state index contributed by atoms with van der Waals surface area (Å²) in [6.45, 7) is 4.09. The Balaban J connectivity index is 1.63. The van der Waals surface area contributed by atoms with Crippen molar-refractivity contribution >= 4 is 12.4 Å². The van der Waals surface area contributed by atoms with Crippen molar-refractivity contribution < 1.29 is 29.2 Å². The molecule has 2 aromatic rings. The Morgan fingerprint density at radius 3 is 1.41 bits per heavy atom. The van der Waals surface area contributed by atoms with Crippen LogP contribution in [0.5, 0.6) is 34.5 Å². The van der Waals surface area contributed by atoms with Gasteiger partial charge in [-0.3, -0.25) is 9.98 Å². The molecular formula is C24H34N4O6. The van der Waals surface area contributed by atoms with Crippen LogP contribution in [0.3, 0.4) is 0 Å². The van der Waals surface area contributed by atoms with Gasteiger partial charge in [0, 0.05) is 62.9 Å². The van der Waals surface area contributed by atoms with Gasteiger partial charge in [-0.05, 0) is 0 Å². The monoisotopic (exact) mass is 474 g/mol. The van der Waals surface area contributed by atoms with Crippen molar-refractivity contribution in [3.63, 3.8) is 0 Å². The first-order valence-electron chi connectivity index (χ1n) is 10.8. The summed E-state index contributed by atoms with van der Waals surface area (Å²) < 4.78 is 20.8. The maximum Gasteiger partial charge on any atom is 0.135 e. The van der Waals surface area contributed by atoms with E-state index in [4.69, 9.17) is 18.9 Å². The molecule has 0 spiro atoms. The van der Waals surface area contributed by atoms with Gasteiger partial charge in [0.15, 0.2) is 0 Å². The lowest BCUT2D eigenvalue weighted by Crippen LogP contribution is -2.30. The summed E-state index contributed by atoms with van der Waals surface area (Å²) in [6.07, 6.45) is 3.20. The highest BCUT2D eigenvalue weighted by atomic mass is 16.5. The molecule has 0 amide bonds. The van der Waals surface area contributed by atoms with Crippen LogP contribution in [0, 0.1) is 0 Å². The quantitative estimate of drug-likeness (QED) is 0.228. The number of rotatable bonds is 15. The molecule has 0 saturated heterocycles. The van der Waals surface area contributed by atoms with E-state index in [1.54, 1.807) is 24.6 Å². The predicted octanol–water partition coefficient (Wildman–Crippen LogP) is 1.85. The highest BCUT2D eigenvalue weighted by molar-refractivity contribution is 5.88. The lowest BCUT2D eigenvalue weighted by molar-refractivity contribution is 0.384. The van der Waals surface area contributed by atoms with E-state index in [0.717, 1.165) is 13.1 Å². The Hall–Kier alpha value is -3.50. The second kappa shape index (κ2) is 14.6. The number of aromatic hydroxyl groups is 2. The predicted molar refractivity (Wildman–Crippen MR) is 133 cm³/mol. The minimum Gasteiger partial charge on any atom is -0.507 e. The summed E-state index contributed by atoms with van der Waals surface area (Å²) in [5.41, 5.74) is 1.04. The summed E-state index contributed by atoms with van der Waals surface area (Å²) in [6, 6.07) is 6.44. The summed E-state index contributed by atoms with van der Waals surface area (Å²) in [4.78, 5) is 8.68. The average Bonchev–Trinajstić information content (AvgIpc) is 2.85. The van der Waals surface area contributed by atoms with Crippen LogP contribution in [-0.4, -0.2) is 90.3 Å². The van der Waals surface area contributed by atoms with Gasteiger partial charge in [-0.2, -0.15) is 0 Å². The number of benzene rings is 2. The molecule has 0 aromatic heterocycles. The van der Waals surface area contributed by atoms with Crippen LogP contribution in [0.15, 0.2) is 34.3 Å². The molecule has 0 aliphatic rings. The lowest BCUT2D eigenvalue weighted by atomic mass is 10.2. The number of phenolic OH excluding ortho intramolecular Hbond substituents is 2. The van der Waals surface area contributed by atoms with E-state index >= 15 is 0 Å². The largest absolute Gasteiger partial charge is 0.507 e. The van der Waals surface area contributed by atoms with Gasteiger partial charge in [-0.15, -0.1) is 0 Å².